The van der Waals surface area contributed by atoms with Crippen LogP contribution in [0.2, 0.25) is 0 Å². The second kappa shape index (κ2) is 10.8. The quantitative estimate of drug-likeness (QED) is 0.592. The maximum absolute atomic E-state index is 12.7. The summed E-state index contributed by atoms with van der Waals surface area (Å²) in [5.74, 6) is -0.301. The lowest BCUT2D eigenvalue weighted by atomic mass is 10.0. The van der Waals surface area contributed by atoms with Crippen molar-refractivity contribution in [1.82, 2.24) is 9.80 Å². The third kappa shape index (κ3) is 6.22. The summed E-state index contributed by atoms with van der Waals surface area (Å²) in [4.78, 5) is 16.8. The summed E-state index contributed by atoms with van der Waals surface area (Å²) in [6, 6.07) is 16.2. The summed E-state index contributed by atoms with van der Waals surface area (Å²) >= 11 is 0. The summed E-state index contributed by atoms with van der Waals surface area (Å²) < 4.78 is 30.7. The number of rotatable bonds is 8. The number of ether oxygens (including phenoxy) is 1. The maximum Gasteiger partial charge on any atom is 0.223 e. The lowest BCUT2D eigenvalue weighted by Gasteiger charge is -2.26. The second-order valence-corrected chi connectivity index (χ2v) is 11.2. The van der Waals surface area contributed by atoms with E-state index in [0.29, 0.717) is 32.3 Å². The molecule has 1 atom stereocenters. The fourth-order valence-electron chi connectivity index (χ4n) is 4.63. The zero-order valence-corrected chi connectivity index (χ0v) is 20.2. The summed E-state index contributed by atoms with van der Waals surface area (Å²) in [6.45, 7) is 6.70. The molecule has 0 spiro atoms. The van der Waals surface area contributed by atoms with Crippen LogP contribution >= 0.6 is 0 Å². The molecule has 2 aliphatic heterocycles. The Bertz CT molecular complexity index is 1030. The van der Waals surface area contributed by atoms with Gasteiger partial charge >= 0.3 is 0 Å². The van der Waals surface area contributed by atoms with Crippen molar-refractivity contribution in [3.63, 3.8) is 0 Å². The zero-order chi connectivity index (χ0) is 23.3. The molecule has 0 aliphatic carbocycles. The molecule has 0 radical (unpaired) electrons. The fourth-order valence-corrected chi connectivity index (χ4v) is 5.86. The van der Waals surface area contributed by atoms with Gasteiger partial charge in [-0.25, -0.2) is 8.42 Å². The number of carbonyl (C=O) groups excluding carboxylic acids is 1. The maximum atomic E-state index is 12.7. The van der Waals surface area contributed by atoms with Gasteiger partial charge in [0.1, 0.15) is 0 Å². The number of carbonyl (C=O) groups is 1. The van der Waals surface area contributed by atoms with E-state index in [0.717, 1.165) is 24.1 Å². The van der Waals surface area contributed by atoms with Crippen molar-refractivity contribution in [2.75, 3.05) is 45.1 Å². The van der Waals surface area contributed by atoms with Gasteiger partial charge in [0.2, 0.25) is 5.91 Å². The van der Waals surface area contributed by atoms with Crippen LogP contribution in [0.25, 0.3) is 11.1 Å². The van der Waals surface area contributed by atoms with E-state index in [2.05, 4.69) is 36.1 Å². The molecule has 0 saturated carbocycles. The molecular formula is C26H34N2O4S. The Labute approximate surface area is 197 Å². The minimum atomic E-state index is -3.50. The number of hydrogen-bond donors (Lipinski definition) is 0. The van der Waals surface area contributed by atoms with Crippen LogP contribution in [0.1, 0.15) is 31.7 Å². The van der Waals surface area contributed by atoms with Crippen molar-refractivity contribution >= 4 is 15.7 Å². The zero-order valence-electron chi connectivity index (χ0n) is 19.4. The Kier molecular flexibility index (Phi) is 7.83. The highest BCUT2D eigenvalue weighted by Gasteiger charge is 2.22. The minimum absolute atomic E-state index is 0.00174. The van der Waals surface area contributed by atoms with Gasteiger partial charge in [-0.15, -0.1) is 0 Å². The Balaban J connectivity index is 1.32. The highest BCUT2D eigenvalue weighted by molar-refractivity contribution is 7.91. The molecule has 2 aromatic carbocycles. The molecule has 6 nitrogen and oxygen atoms in total. The van der Waals surface area contributed by atoms with Crippen molar-refractivity contribution in [2.45, 2.75) is 43.5 Å². The summed E-state index contributed by atoms with van der Waals surface area (Å²) in [7, 11) is -3.50. The third-order valence-electron chi connectivity index (χ3n) is 6.83. The van der Waals surface area contributed by atoms with Gasteiger partial charge < -0.3 is 14.5 Å². The van der Waals surface area contributed by atoms with E-state index in [1.807, 2.05) is 12.1 Å². The minimum Gasteiger partial charge on any atom is -0.378 e. The van der Waals surface area contributed by atoms with E-state index in [1.54, 1.807) is 17.0 Å². The lowest BCUT2D eigenvalue weighted by Crippen LogP contribution is -2.41. The van der Waals surface area contributed by atoms with Gasteiger partial charge in [0.25, 0.3) is 0 Å². The number of hydrogen-bond acceptors (Lipinski definition) is 5. The van der Waals surface area contributed by atoms with Gasteiger partial charge in [0.05, 0.1) is 23.9 Å². The Morgan fingerprint density at radius 2 is 1.61 bits per heavy atom. The Morgan fingerprint density at radius 1 is 0.970 bits per heavy atom. The van der Waals surface area contributed by atoms with Gasteiger partial charge in [-0.2, -0.15) is 0 Å². The van der Waals surface area contributed by atoms with Gasteiger partial charge in [0, 0.05) is 32.1 Å². The van der Waals surface area contributed by atoms with Crippen LogP contribution in [-0.4, -0.2) is 75.3 Å². The van der Waals surface area contributed by atoms with E-state index in [4.69, 9.17) is 4.74 Å². The van der Waals surface area contributed by atoms with Crippen molar-refractivity contribution in [1.29, 1.82) is 0 Å². The highest BCUT2D eigenvalue weighted by Crippen LogP contribution is 2.23. The molecule has 7 heteroatoms. The number of benzene rings is 2. The number of morpholine rings is 1. The molecule has 33 heavy (non-hydrogen) atoms. The number of nitrogens with zero attached hydrogens (tertiary/aromatic N) is 2. The average Bonchev–Trinajstić information content (AvgIpc) is 3.27. The van der Waals surface area contributed by atoms with Crippen LogP contribution in [0.15, 0.2) is 53.4 Å². The topological polar surface area (TPSA) is 66.9 Å². The van der Waals surface area contributed by atoms with Crippen LogP contribution in [0, 0.1) is 0 Å². The molecule has 2 heterocycles. The van der Waals surface area contributed by atoms with Crippen LogP contribution < -0.4 is 0 Å². The average molecular weight is 471 g/mol. The molecule has 0 bridgehead atoms. The predicted molar refractivity (Wildman–Crippen MR) is 130 cm³/mol. The summed E-state index contributed by atoms with van der Waals surface area (Å²) in [5, 5.41) is 0. The monoisotopic (exact) mass is 470 g/mol. The molecule has 0 N–H and O–H groups in total. The normalized spacial score (nSPS) is 19.7. The number of amides is 1. The molecule has 178 valence electrons. The van der Waals surface area contributed by atoms with E-state index in [1.165, 1.54) is 24.9 Å². The first-order valence-electron chi connectivity index (χ1n) is 11.9. The first-order valence-corrected chi connectivity index (χ1v) is 13.6. The SMILES string of the molecule is C[C@@H]1CCCN1CCc1ccc(-c2ccc(S(=O)(=O)CCC(=O)N3CCOCC3)cc2)cc1. The van der Waals surface area contributed by atoms with Crippen LogP contribution in [0.4, 0.5) is 0 Å². The second-order valence-electron chi connectivity index (χ2n) is 9.06. The molecule has 4 rings (SSSR count). The van der Waals surface area contributed by atoms with Gasteiger partial charge in [-0.05, 0) is 61.6 Å². The fraction of sp³-hybridized carbons (Fsp3) is 0.500. The van der Waals surface area contributed by atoms with Crippen molar-refractivity contribution in [3.8, 4) is 11.1 Å². The molecule has 1 amide bonds. The molecular weight excluding hydrogens is 436 g/mol. The molecule has 0 unspecified atom stereocenters. The van der Waals surface area contributed by atoms with Crippen molar-refractivity contribution in [2.24, 2.45) is 0 Å². The number of likely N-dealkylation sites (tertiary alicyclic amines) is 1. The van der Waals surface area contributed by atoms with E-state index < -0.39 is 9.84 Å². The molecule has 2 aromatic rings. The Morgan fingerprint density at radius 3 is 2.21 bits per heavy atom. The molecule has 2 saturated heterocycles. The standard InChI is InChI=1S/C26H34N2O4S/c1-21-3-2-14-27(21)15-12-22-4-6-23(7-5-22)24-8-10-25(11-9-24)33(30,31)20-13-26(29)28-16-18-32-19-17-28/h4-11,21H,2-3,12-20H2,1H3/t21-/m1/s1. The summed E-state index contributed by atoms with van der Waals surface area (Å²) in [6.07, 6.45) is 3.65. The van der Waals surface area contributed by atoms with Crippen LogP contribution in [-0.2, 0) is 25.8 Å². The first-order chi connectivity index (χ1) is 15.9. The van der Waals surface area contributed by atoms with E-state index in [9.17, 15) is 13.2 Å². The van der Waals surface area contributed by atoms with E-state index in [-0.39, 0.29) is 23.0 Å². The lowest BCUT2D eigenvalue weighted by molar-refractivity contribution is -0.134. The third-order valence-corrected chi connectivity index (χ3v) is 8.56. The summed E-state index contributed by atoms with van der Waals surface area (Å²) in [5.41, 5.74) is 3.37. The van der Waals surface area contributed by atoms with Crippen molar-refractivity contribution < 1.29 is 17.9 Å². The first kappa shape index (κ1) is 23.9. The van der Waals surface area contributed by atoms with Gasteiger partial charge in [-0.1, -0.05) is 36.4 Å². The van der Waals surface area contributed by atoms with Gasteiger partial charge in [0.15, 0.2) is 9.84 Å². The van der Waals surface area contributed by atoms with E-state index >= 15 is 0 Å². The molecule has 0 aromatic heterocycles. The van der Waals surface area contributed by atoms with Crippen LogP contribution in [0.5, 0.6) is 0 Å². The van der Waals surface area contributed by atoms with Crippen molar-refractivity contribution in [3.05, 3.63) is 54.1 Å². The van der Waals surface area contributed by atoms with Gasteiger partial charge in [-0.3, -0.25) is 4.79 Å². The largest absolute Gasteiger partial charge is 0.378 e. The number of sulfone groups is 1. The Hall–Kier alpha value is -2.22. The smallest absolute Gasteiger partial charge is 0.223 e. The molecule has 2 fully saturated rings. The molecule has 2 aliphatic rings. The van der Waals surface area contributed by atoms with Crippen LogP contribution in [0.3, 0.4) is 0 Å². The highest BCUT2D eigenvalue weighted by atomic mass is 32.2. The predicted octanol–water partition coefficient (Wildman–Crippen LogP) is 3.40.